The van der Waals surface area contributed by atoms with E-state index in [-0.39, 0.29) is 6.04 Å². The molecule has 2 N–H and O–H groups in total. The molecule has 0 aromatic carbocycles. The second-order valence-corrected chi connectivity index (χ2v) is 7.98. The van der Waals surface area contributed by atoms with Gasteiger partial charge in [0.2, 0.25) is 0 Å². The minimum atomic E-state index is -3.22. The summed E-state index contributed by atoms with van der Waals surface area (Å²) in [4.78, 5) is 2.30. The Morgan fingerprint density at radius 1 is 1.33 bits per heavy atom. The number of ether oxygens (including phenoxy) is 1. The second-order valence-electron chi connectivity index (χ2n) is 7.21. The number of nitrogens with one attached hydrogen (secondary N) is 2. The maximum Gasteiger partial charge on any atom is 0.268 e. The number of alkyl halides is 3. The minimum Gasteiger partial charge on any atom is -0.348 e. The van der Waals surface area contributed by atoms with E-state index in [4.69, 9.17) is 4.74 Å². The molecule has 5 atom stereocenters. The van der Waals surface area contributed by atoms with Gasteiger partial charge in [0.25, 0.3) is 5.66 Å². The quantitative estimate of drug-likeness (QED) is 0.143. The Hall–Kier alpha value is -1.40. The summed E-state index contributed by atoms with van der Waals surface area (Å²) in [6, 6.07) is 0.121. The molecule has 0 aliphatic heterocycles. The lowest BCUT2D eigenvalue weighted by atomic mass is 9.97. The fourth-order valence-electron chi connectivity index (χ4n) is 2.80. The molecule has 0 radical (unpaired) electrons. The van der Waals surface area contributed by atoms with E-state index in [0.29, 0.717) is 5.70 Å². The minimum absolute atomic E-state index is 0.121. The molecule has 0 bridgehead atoms. The number of allylic oxidation sites excluding steroid dienone is 6. The zero-order valence-corrected chi connectivity index (χ0v) is 22.3. The normalized spacial score (nSPS) is 19.5. The fourth-order valence-corrected chi connectivity index (χ4v) is 3.08. The molecule has 8 heteroatoms. The number of methoxy groups -OCH3 is 1. The first-order chi connectivity index (χ1) is 15.6. The highest BCUT2D eigenvalue weighted by Gasteiger charge is 2.39. The Kier molecular flexibility index (Phi) is 20.5. The highest BCUT2D eigenvalue weighted by atomic mass is 31.0. The number of hydrogen-bond donors (Lipinski definition) is 2. The van der Waals surface area contributed by atoms with Crippen LogP contribution in [-0.4, -0.2) is 55.9 Å². The summed E-state index contributed by atoms with van der Waals surface area (Å²) in [5.74, 6) is -1.53. The molecule has 1 aliphatic carbocycles. The Morgan fingerprint density at radius 3 is 2.42 bits per heavy atom. The molecule has 1 aliphatic rings. The van der Waals surface area contributed by atoms with Crippen LogP contribution >= 0.6 is 9.24 Å². The summed E-state index contributed by atoms with van der Waals surface area (Å²) < 4.78 is 46.2. The summed E-state index contributed by atoms with van der Waals surface area (Å²) in [6.45, 7) is 19.7. The van der Waals surface area contributed by atoms with Crippen molar-refractivity contribution in [3.63, 3.8) is 0 Å². The third-order valence-corrected chi connectivity index (χ3v) is 4.92. The van der Waals surface area contributed by atoms with E-state index in [9.17, 15) is 13.2 Å². The molecule has 0 amide bonds. The Morgan fingerprint density at radius 2 is 1.94 bits per heavy atom. The van der Waals surface area contributed by atoms with Crippen molar-refractivity contribution in [1.29, 1.82) is 0 Å². The first kappa shape index (κ1) is 33.8. The highest BCUT2D eigenvalue weighted by molar-refractivity contribution is 7.18. The molecule has 1 rings (SSSR count). The molecule has 4 nitrogen and oxygen atoms in total. The van der Waals surface area contributed by atoms with E-state index < -0.39 is 24.1 Å². The van der Waals surface area contributed by atoms with Gasteiger partial charge in [-0.2, -0.15) is 0 Å². The molecule has 192 valence electrons. The van der Waals surface area contributed by atoms with Crippen LogP contribution in [0.15, 0.2) is 61.4 Å². The Balaban J connectivity index is 0. The van der Waals surface area contributed by atoms with E-state index in [1.54, 1.807) is 12.2 Å². The van der Waals surface area contributed by atoms with Gasteiger partial charge < -0.3 is 10.1 Å². The van der Waals surface area contributed by atoms with Crippen LogP contribution in [-0.2, 0) is 4.74 Å². The smallest absolute Gasteiger partial charge is 0.268 e. The number of nitrogens with zero attached hydrogens (tertiary/aromatic N) is 1. The van der Waals surface area contributed by atoms with Gasteiger partial charge in [0.1, 0.15) is 6.17 Å². The number of rotatable bonds is 13. The van der Waals surface area contributed by atoms with Gasteiger partial charge in [-0.15, -0.1) is 6.58 Å². The SMILES string of the molecule is C=C/C=C/CN(CC)CCC(C)NC(NC1=CC(C(F)(F)P)C(F)C=C1)OC.C=CC.CC. The third kappa shape index (κ3) is 16.0. The van der Waals surface area contributed by atoms with Crippen LogP contribution in [0.25, 0.3) is 0 Å². The van der Waals surface area contributed by atoms with Crippen molar-refractivity contribution in [3.05, 3.63) is 61.4 Å². The lowest BCUT2D eigenvalue weighted by Crippen LogP contribution is -2.48. The summed E-state index contributed by atoms with van der Waals surface area (Å²) in [7, 11) is 2.92. The molecule has 0 heterocycles. The third-order valence-electron chi connectivity index (χ3n) is 4.54. The summed E-state index contributed by atoms with van der Waals surface area (Å²) in [6.07, 6.45) is 9.88. The molecule has 0 saturated carbocycles. The lowest BCUT2D eigenvalue weighted by Gasteiger charge is -2.29. The van der Waals surface area contributed by atoms with Gasteiger partial charge in [0, 0.05) is 25.4 Å². The summed E-state index contributed by atoms with van der Waals surface area (Å²) >= 11 is 0. The van der Waals surface area contributed by atoms with Crippen molar-refractivity contribution in [2.75, 3.05) is 26.7 Å². The van der Waals surface area contributed by atoms with E-state index in [2.05, 4.69) is 41.7 Å². The van der Waals surface area contributed by atoms with Crippen LogP contribution in [0.3, 0.4) is 0 Å². The monoisotopic (exact) mass is 491 g/mol. The van der Waals surface area contributed by atoms with Crippen LogP contribution in [0.4, 0.5) is 13.2 Å². The summed E-state index contributed by atoms with van der Waals surface area (Å²) in [5.41, 5.74) is -2.82. The Bertz CT molecular complexity index is 606. The van der Waals surface area contributed by atoms with Crippen molar-refractivity contribution in [2.24, 2.45) is 5.92 Å². The van der Waals surface area contributed by atoms with Gasteiger partial charge in [0.05, 0.1) is 5.92 Å². The number of likely N-dealkylation sites (N-methyl/N-ethyl adjacent to an activating group) is 1. The second kappa shape index (κ2) is 20.0. The maximum atomic E-state index is 13.8. The van der Waals surface area contributed by atoms with E-state index in [1.165, 1.54) is 28.5 Å². The van der Waals surface area contributed by atoms with Gasteiger partial charge in [-0.05, 0) is 51.6 Å². The highest BCUT2D eigenvalue weighted by Crippen LogP contribution is 2.38. The first-order valence-electron chi connectivity index (χ1n) is 11.5. The van der Waals surface area contributed by atoms with Gasteiger partial charge in [0.15, 0.2) is 6.35 Å². The topological polar surface area (TPSA) is 36.5 Å². The van der Waals surface area contributed by atoms with Crippen LogP contribution < -0.4 is 10.6 Å². The van der Waals surface area contributed by atoms with Crippen LogP contribution in [0, 0.1) is 5.92 Å². The average Bonchev–Trinajstić information content (AvgIpc) is 2.78. The van der Waals surface area contributed by atoms with Crippen LogP contribution in [0.2, 0.25) is 0 Å². The average molecular weight is 492 g/mol. The molecule has 5 unspecified atom stereocenters. The molecule has 0 fully saturated rings. The van der Waals surface area contributed by atoms with Crippen molar-refractivity contribution in [3.8, 4) is 0 Å². The van der Waals surface area contributed by atoms with Gasteiger partial charge in [-0.3, -0.25) is 10.2 Å². The molecule has 0 aromatic rings. The molecule has 0 aromatic heterocycles. The number of hydrogen-bond acceptors (Lipinski definition) is 4. The predicted molar refractivity (Wildman–Crippen MR) is 140 cm³/mol. The largest absolute Gasteiger partial charge is 0.348 e. The zero-order valence-electron chi connectivity index (χ0n) is 21.2. The molecule has 33 heavy (non-hydrogen) atoms. The lowest BCUT2D eigenvalue weighted by molar-refractivity contribution is 0.0263. The Labute approximate surface area is 202 Å². The molecular weight excluding hydrogens is 446 g/mol. The van der Waals surface area contributed by atoms with Crippen molar-refractivity contribution < 1.29 is 17.9 Å². The zero-order chi connectivity index (χ0) is 25.9. The van der Waals surface area contributed by atoms with E-state index in [1.807, 2.05) is 33.8 Å². The fraction of sp³-hybridized carbons (Fsp3) is 0.600. The van der Waals surface area contributed by atoms with Crippen molar-refractivity contribution in [1.82, 2.24) is 15.5 Å². The van der Waals surface area contributed by atoms with Crippen molar-refractivity contribution >= 4 is 9.24 Å². The van der Waals surface area contributed by atoms with Gasteiger partial charge in [-0.25, -0.2) is 13.2 Å². The molecule has 0 spiro atoms. The van der Waals surface area contributed by atoms with E-state index >= 15 is 0 Å². The van der Waals surface area contributed by atoms with Gasteiger partial charge in [-0.1, -0.05) is 60.9 Å². The first-order valence-corrected chi connectivity index (χ1v) is 12.0. The maximum absolute atomic E-state index is 13.8. The van der Waals surface area contributed by atoms with Crippen LogP contribution in [0.5, 0.6) is 0 Å². The predicted octanol–water partition coefficient (Wildman–Crippen LogP) is 6.03. The van der Waals surface area contributed by atoms with E-state index in [0.717, 1.165) is 32.1 Å². The van der Waals surface area contributed by atoms with Crippen LogP contribution in [0.1, 0.15) is 41.0 Å². The number of halogens is 3. The standard InChI is InChI=1S/C20H33F3N3OP.C3H6.C2H6/c1-5-7-8-12-26(6-2)13-11-15(3)24-19(27-4)25-16-9-10-18(21)17(14-16)20(22,23)28;1-3-2;1-2/h5,7-10,14-15,17-19,24-25H,1,6,11-13,28H2,2-4H3;3H,1H2,2H3;1-2H3/b8-7+;;. The van der Waals surface area contributed by atoms with Crippen molar-refractivity contribution in [2.45, 2.75) is 65.3 Å². The van der Waals surface area contributed by atoms with Gasteiger partial charge >= 0.3 is 0 Å². The molecule has 0 saturated heterocycles. The molecular formula is C25H45F3N3OP. The summed E-state index contributed by atoms with van der Waals surface area (Å²) in [5, 5.41) is 6.27.